The van der Waals surface area contributed by atoms with E-state index in [2.05, 4.69) is 10.9 Å². The zero-order chi connectivity index (χ0) is 15.9. The van der Waals surface area contributed by atoms with Gasteiger partial charge in [-0.15, -0.1) is 0 Å². The van der Waals surface area contributed by atoms with E-state index in [1.807, 2.05) is 38.1 Å². The molecular formula is C16H15N3O3. The van der Waals surface area contributed by atoms with E-state index in [4.69, 9.17) is 0 Å². The van der Waals surface area contributed by atoms with Crippen molar-refractivity contribution in [1.29, 1.82) is 0 Å². The first-order valence-electron chi connectivity index (χ1n) is 6.86. The number of hydrogen-bond donors (Lipinski definition) is 2. The Labute approximate surface area is 126 Å². The highest BCUT2D eigenvalue weighted by Gasteiger charge is 2.35. The summed E-state index contributed by atoms with van der Waals surface area (Å²) in [6, 6.07) is 10.6. The van der Waals surface area contributed by atoms with Crippen molar-refractivity contribution >= 4 is 28.4 Å². The van der Waals surface area contributed by atoms with Crippen molar-refractivity contribution in [3.05, 3.63) is 57.6 Å². The highest BCUT2D eigenvalue weighted by Crippen LogP contribution is 2.32. The van der Waals surface area contributed by atoms with Gasteiger partial charge in [0.15, 0.2) is 0 Å². The van der Waals surface area contributed by atoms with Crippen molar-refractivity contribution in [1.82, 2.24) is 10.9 Å². The average Bonchev–Trinajstić information content (AvgIpc) is 2.74. The standard InChI is InChI=1S/C16H15N3O3/c1-16(2)13(15(20)17-18-16)9-12-11-6-4-3-5-10(11)7-8-14(12)19(21)22/h3-9,18H,1-2H3,(H,17,20)/b13-9+. The van der Waals surface area contributed by atoms with E-state index in [0.717, 1.165) is 10.8 Å². The third-order valence-electron chi connectivity index (χ3n) is 3.84. The fourth-order valence-corrected chi connectivity index (χ4v) is 2.62. The van der Waals surface area contributed by atoms with Gasteiger partial charge in [0, 0.05) is 11.6 Å². The Morgan fingerprint density at radius 1 is 1.18 bits per heavy atom. The number of nitro benzene ring substituents is 1. The van der Waals surface area contributed by atoms with Gasteiger partial charge in [-0.3, -0.25) is 20.3 Å². The van der Waals surface area contributed by atoms with E-state index >= 15 is 0 Å². The molecule has 0 atom stereocenters. The molecule has 0 spiro atoms. The lowest BCUT2D eigenvalue weighted by Gasteiger charge is -2.17. The third-order valence-corrected chi connectivity index (χ3v) is 3.84. The summed E-state index contributed by atoms with van der Waals surface area (Å²) in [4.78, 5) is 22.9. The fourth-order valence-electron chi connectivity index (χ4n) is 2.62. The largest absolute Gasteiger partial charge is 0.287 e. The number of nitrogens with zero attached hydrogens (tertiary/aromatic N) is 1. The number of hydrogen-bond acceptors (Lipinski definition) is 4. The van der Waals surface area contributed by atoms with Crippen LogP contribution < -0.4 is 10.9 Å². The smallest absolute Gasteiger partial charge is 0.277 e. The number of amides is 1. The molecule has 22 heavy (non-hydrogen) atoms. The van der Waals surface area contributed by atoms with Gasteiger partial charge in [0.25, 0.3) is 11.6 Å². The van der Waals surface area contributed by atoms with Crippen LogP contribution in [-0.4, -0.2) is 16.4 Å². The topological polar surface area (TPSA) is 84.3 Å². The van der Waals surface area contributed by atoms with E-state index in [1.165, 1.54) is 6.07 Å². The van der Waals surface area contributed by atoms with Crippen molar-refractivity contribution in [2.24, 2.45) is 0 Å². The lowest BCUT2D eigenvalue weighted by atomic mass is 9.92. The van der Waals surface area contributed by atoms with Gasteiger partial charge in [-0.05, 0) is 36.8 Å². The zero-order valence-electron chi connectivity index (χ0n) is 12.2. The number of benzene rings is 2. The molecule has 0 saturated carbocycles. The molecule has 6 nitrogen and oxygen atoms in total. The summed E-state index contributed by atoms with van der Waals surface area (Å²) in [5.41, 5.74) is 5.73. The summed E-state index contributed by atoms with van der Waals surface area (Å²) in [6.45, 7) is 3.68. The second-order valence-corrected chi connectivity index (χ2v) is 5.74. The third kappa shape index (κ3) is 2.23. The fraction of sp³-hybridized carbons (Fsp3) is 0.188. The Hall–Kier alpha value is -2.73. The molecule has 1 fully saturated rings. The number of carbonyl (C=O) groups is 1. The van der Waals surface area contributed by atoms with Gasteiger partial charge in [-0.2, -0.15) is 0 Å². The molecule has 0 aromatic heterocycles. The molecule has 2 aromatic rings. The maximum absolute atomic E-state index is 12.0. The molecule has 1 aliphatic rings. The molecule has 1 amide bonds. The van der Waals surface area contributed by atoms with Crippen molar-refractivity contribution < 1.29 is 9.72 Å². The van der Waals surface area contributed by atoms with Gasteiger partial charge < -0.3 is 0 Å². The Morgan fingerprint density at radius 2 is 1.91 bits per heavy atom. The lowest BCUT2D eigenvalue weighted by molar-refractivity contribution is -0.384. The minimum absolute atomic E-state index is 0.0123. The van der Waals surface area contributed by atoms with Crippen LogP contribution in [0.4, 0.5) is 5.69 Å². The Balaban J connectivity index is 2.31. The molecule has 1 heterocycles. The summed E-state index contributed by atoms with van der Waals surface area (Å²) < 4.78 is 0. The molecule has 1 saturated heterocycles. The average molecular weight is 297 g/mol. The van der Waals surface area contributed by atoms with E-state index in [-0.39, 0.29) is 11.6 Å². The van der Waals surface area contributed by atoms with Crippen LogP contribution in [0, 0.1) is 10.1 Å². The predicted molar refractivity (Wildman–Crippen MR) is 83.9 cm³/mol. The van der Waals surface area contributed by atoms with Crippen LogP contribution in [-0.2, 0) is 4.79 Å². The van der Waals surface area contributed by atoms with Crippen LogP contribution in [0.2, 0.25) is 0 Å². The normalized spacial score (nSPS) is 18.6. The predicted octanol–water partition coefficient (Wildman–Crippen LogP) is 2.54. The quantitative estimate of drug-likeness (QED) is 0.507. The van der Waals surface area contributed by atoms with Crippen LogP contribution in [0.25, 0.3) is 16.8 Å². The van der Waals surface area contributed by atoms with Crippen molar-refractivity contribution in [3.8, 4) is 0 Å². The summed E-state index contributed by atoms with van der Waals surface area (Å²) in [7, 11) is 0. The van der Waals surface area contributed by atoms with Gasteiger partial charge in [0.05, 0.1) is 16.0 Å². The maximum atomic E-state index is 12.0. The number of rotatable bonds is 2. The van der Waals surface area contributed by atoms with Gasteiger partial charge in [0.2, 0.25) is 0 Å². The summed E-state index contributed by atoms with van der Waals surface area (Å²) >= 11 is 0. The molecule has 2 aromatic carbocycles. The maximum Gasteiger partial charge on any atom is 0.277 e. The SMILES string of the molecule is CC1(C)NNC(=O)/C1=C\c1c([N+](=O)[O-])ccc2ccccc12. The molecule has 0 radical (unpaired) electrons. The monoisotopic (exact) mass is 297 g/mol. The molecule has 0 bridgehead atoms. The lowest BCUT2D eigenvalue weighted by Crippen LogP contribution is -2.38. The van der Waals surface area contributed by atoms with E-state index in [9.17, 15) is 14.9 Å². The van der Waals surface area contributed by atoms with Crippen LogP contribution >= 0.6 is 0 Å². The van der Waals surface area contributed by atoms with E-state index < -0.39 is 10.5 Å². The van der Waals surface area contributed by atoms with Crippen LogP contribution in [0.1, 0.15) is 19.4 Å². The molecular weight excluding hydrogens is 282 g/mol. The first-order chi connectivity index (χ1) is 10.4. The Morgan fingerprint density at radius 3 is 2.55 bits per heavy atom. The molecule has 3 rings (SSSR count). The minimum Gasteiger partial charge on any atom is -0.287 e. The van der Waals surface area contributed by atoms with Crippen molar-refractivity contribution in [2.45, 2.75) is 19.4 Å². The van der Waals surface area contributed by atoms with Gasteiger partial charge in [0.1, 0.15) is 0 Å². The first-order valence-corrected chi connectivity index (χ1v) is 6.86. The van der Waals surface area contributed by atoms with Crippen molar-refractivity contribution in [3.63, 3.8) is 0 Å². The van der Waals surface area contributed by atoms with Crippen molar-refractivity contribution in [2.75, 3.05) is 0 Å². The Bertz CT molecular complexity index is 824. The van der Waals surface area contributed by atoms with E-state index in [0.29, 0.717) is 11.1 Å². The number of nitro groups is 1. The molecule has 0 aliphatic carbocycles. The van der Waals surface area contributed by atoms with Crippen LogP contribution in [0.5, 0.6) is 0 Å². The van der Waals surface area contributed by atoms with E-state index in [1.54, 1.807) is 12.1 Å². The second kappa shape index (κ2) is 4.92. The first kappa shape index (κ1) is 14.2. The Kier molecular flexibility index (Phi) is 3.18. The minimum atomic E-state index is -0.595. The number of nitrogens with one attached hydrogen (secondary N) is 2. The highest BCUT2D eigenvalue weighted by atomic mass is 16.6. The molecule has 2 N–H and O–H groups in total. The molecule has 0 unspecified atom stereocenters. The van der Waals surface area contributed by atoms with Gasteiger partial charge in [-0.1, -0.05) is 24.3 Å². The van der Waals surface area contributed by atoms with Gasteiger partial charge in [-0.25, -0.2) is 5.43 Å². The number of carbonyl (C=O) groups excluding carboxylic acids is 1. The molecule has 1 aliphatic heterocycles. The highest BCUT2D eigenvalue weighted by molar-refractivity contribution is 6.05. The zero-order valence-corrected chi connectivity index (χ0v) is 12.2. The summed E-state index contributed by atoms with van der Waals surface area (Å²) in [5.74, 6) is -0.271. The van der Waals surface area contributed by atoms with Crippen LogP contribution in [0.15, 0.2) is 42.0 Å². The second-order valence-electron chi connectivity index (χ2n) is 5.74. The van der Waals surface area contributed by atoms with Crippen LogP contribution in [0.3, 0.4) is 0 Å². The summed E-state index contributed by atoms with van der Waals surface area (Å²) in [6.07, 6.45) is 1.61. The molecule has 112 valence electrons. The van der Waals surface area contributed by atoms with Gasteiger partial charge >= 0.3 is 0 Å². The number of fused-ring (bicyclic) bond motifs is 1. The molecule has 6 heteroatoms. The number of hydrazine groups is 1. The summed E-state index contributed by atoms with van der Waals surface area (Å²) in [5, 5.41) is 13.0.